The molecule has 1 aliphatic rings. The van der Waals surface area contributed by atoms with E-state index in [-0.39, 0.29) is 11.9 Å². The van der Waals surface area contributed by atoms with Crippen LogP contribution in [0.4, 0.5) is 0 Å². The first kappa shape index (κ1) is 11.9. The van der Waals surface area contributed by atoms with Crippen molar-refractivity contribution >= 4 is 5.91 Å². The van der Waals surface area contributed by atoms with Crippen LogP contribution >= 0.6 is 0 Å². The zero-order chi connectivity index (χ0) is 13.1. The topological polar surface area (TPSA) is 41.1 Å². The molecule has 0 bridgehead atoms. The summed E-state index contributed by atoms with van der Waals surface area (Å²) in [5, 5.41) is 0. The van der Waals surface area contributed by atoms with Crippen molar-refractivity contribution in [3.05, 3.63) is 60.2 Å². The second-order valence-electron chi connectivity index (χ2n) is 4.77. The van der Waals surface area contributed by atoms with E-state index in [9.17, 15) is 4.79 Å². The van der Waals surface area contributed by atoms with Crippen LogP contribution in [0.1, 0.15) is 24.4 Å². The highest BCUT2D eigenvalue weighted by Gasteiger charge is 2.18. The number of nitrogens with one attached hydrogen (secondary N) is 2. The molecule has 3 heteroatoms. The summed E-state index contributed by atoms with van der Waals surface area (Å²) in [5.74, 6) is 0.0668. The molecule has 1 unspecified atom stereocenters. The SMILES string of the molecule is O=C1CCC(c2ccc(-c3ccccc3)cc2)NN1. The van der Waals surface area contributed by atoms with E-state index >= 15 is 0 Å². The summed E-state index contributed by atoms with van der Waals surface area (Å²) >= 11 is 0. The summed E-state index contributed by atoms with van der Waals surface area (Å²) in [6, 6.07) is 19.0. The Morgan fingerprint density at radius 3 is 2.21 bits per heavy atom. The third-order valence-corrected chi connectivity index (χ3v) is 3.47. The van der Waals surface area contributed by atoms with E-state index < -0.39 is 0 Å². The van der Waals surface area contributed by atoms with Gasteiger partial charge in [-0.3, -0.25) is 10.2 Å². The minimum Gasteiger partial charge on any atom is -0.291 e. The largest absolute Gasteiger partial charge is 0.291 e. The molecule has 1 fully saturated rings. The third-order valence-electron chi connectivity index (χ3n) is 3.47. The van der Waals surface area contributed by atoms with Crippen LogP contribution in [0.25, 0.3) is 11.1 Å². The van der Waals surface area contributed by atoms with Crippen LogP contribution in [-0.4, -0.2) is 5.91 Å². The first-order valence-corrected chi connectivity index (χ1v) is 6.53. The van der Waals surface area contributed by atoms with Crippen LogP contribution in [0.5, 0.6) is 0 Å². The van der Waals surface area contributed by atoms with Gasteiger partial charge < -0.3 is 0 Å². The summed E-state index contributed by atoms with van der Waals surface area (Å²) in [5.41, 5.74) is 9.37. The highest BCUT2D eigenvalue weighted by atomic mass is 16.2. The number of hydrogen-bond donors (Lipinski definition) is 2. The molecule has 3 rings (SSSR count). The van der Waals surface area contributed by atoms with Crippen LogP contribution in [0, 0.1) is 0 Å². The first-order chi connectivity index (χ1) is 9.33. The molecule has 3 nitrogen and oxygen atoms in total. The molecule has 96 valence electrons. The molecule has 0 radical (unpaired) electrons. The predicted octanol–water partition coefficient (Wildman–Crippen LogP) is 2.81. The van der Waals surface area contributed by atoms with Crippen molar-refractivity contribution in [2.75, 3.05) is 0 Å². The number of carbonyl (C=O) groups is 1. The number of hydrogen-bond acceptors (Lipinski definition) is 2. The second kappa shape index (κ2) is 5.24. The fourth-order valence-corrected chi connectivity index (χ4v) is 2.37. The zero-order valence-corrected chi connectivity index (χ0v) is 10.6. The molecule has 1 heterocycles. The maximum absolute atomic E-state index is 11.1. The number of benzene rings is 2. The molecule has 2 N–H and O–H groups in total. The Kier molecular flexibility index (Phi) is 3.29. The average Bonchev–Trinajstić information content (AvgIpc) is 2.49. The molecule has 2 aromatic carbocycles. The molecular weight excluding hydrogens is 236 g/mol. The van der Waals surface area contributed by atoms with Gasteiger partial charge in [0.25, 0.3) is 0 Å². The molecule has 1 amide bonds. The summed E-state index contributed by atoms with van der Waals surface area (Å²) in [7, 11) is 0. The molecule has 2 aromatic rings. The average molecular weight is 252 g/mol. The summed E-state index contributed by atoms with van der Waals surface area (Å²) < 4.78 is 0. The third kappa shape index (κ3) is 2.66. The molecule has 0 saturated carbocycles. The smallest absolute Gasteiger partial charge is 0.234 e. The Morgan fingerprint density at radius 1 is 0.895 bits per heavy atom. The minimum absolute atomic E-state index is 0.0668. The maximum atomic E-state index is 11.1. The van der Waals surface area contributed by atoms with Gasteiger partial charge in [-0.25, -0.2) is 5.43 Å². The van der Waals surface area contributed by atoms with Crippen molar-refractivity contribution in [1.29, 1.82) is 0 Å². The minimum atomic E-state index is 0.0668. The van der Waals surface area contributed by atoms with Gasteiger partial charge >= 0.3 is 0 Å². The Hall–Kier alpha value is -2.13. The van der Waals surface area contributed by atoms with E-state index in [1.54, 1.807) is 0 Å². The number of hydrazine groups is 1. The summed E-state index contributed by atoms with van der Waals surface area (Å²) in [6.45, 7) is 0. The lowest BCUT2D eigenvalue weighted by Gasteiger charge is -2.24. The number of amides is 1. The van der Waals surface area contributed by atoms with E-state index in [4.69, 9.17) is 0 Å². The molecular formula is C16H16N2O. The van der Waals surface area contributed by atoms with Crippen molar-refractivity contribution in [3.63, 3.8) is 0 Å². The quantitative estimate of drug-likeness (QED) is 0.863. The second-order valence-corrected chi connectivity index (χ2v) is 4.77. The van der Waals surface area contributed by atoms with Crippen LogP contribution in [0.3, 0.4) is 0 Å². The Bertz CT molecular complexity index is 553. The van der Waals surface area contributed by atoms with Gasteiger partial charge in [0, 0.05) is 6.42 Å². The van der Waals surface area contributed by atoms with E-state index in [2.05, 4.69) is 47.2 Å². The Balaban J connectivity index is 1.78. The summed E-state index contributed by atoms with van der Waals surface area (Å²) in [6.07, 6.45) is 1.43. The van der Waals surface area contributed by atoms with E-state index in [1.807, 2.05) is 18.2 Å². The highest BCUT2D eigenvalue weighted by Crippen LogP contribution is 2.24. The van der Waals surface area contributed by atoms with E-state index in [1.165, 1.54) is 16.7 Å². The fraction of sp³-hybridized carbons (Fsp3) is 0.188. The number of rotatable bonds is 2. The lowest BCUT2D eigenvalue weighted by Crippen LogP contribution is -2.44. The van der Waals surface area contributed by atoms with Crippen molar-refractivity contribution < 1.29 is 4.79 Å². The van der Waals surface area contributed by atoms with E-state index in [0.29, 0.717) is 6.42 Å². The van der Waals surface area contributed by atoms with Gasteiger partial charge in [-0.2, -0.15) is 0 Å². The number of carbonyl (C=O) groups excluding carboxylic acids is 1. The van der Waals surface area contributed by atoms with Crippen molar-refractivity contribution in [1.82, 2.24) is 10.9 Å². The van der Waals surface area contributed by atoms with Gasteiger partial charge in [0.15, 0.2) is 0 Å². The van der Waals surface area contributed by atoms with Gasteiger partial charge in [-0.1, -0.05) is 54.6 Å². The van der Waals surface area contributed by atoms with Crippen molar-refractivity contribution in [2.45, 2.75) is 18.9 Å². The van der Waals surface area contributed by atoms with Crippen molar-refractivity contribution in [2.24, 2.45) is 0 Å². The predicted molar refractivity (Wildman–Crippen MR) is 75.1 cm³/mol. The van der Waals surface area contributed by atoms with Gasteiger partial charge in [-0.15, -0.1) is 0 Å². The Labute approximate surface area is 112 Å². The molecule has 19 heavy (non-hydrogen) atoms. The fourth-order valence-electron chi connectivity index (χ4n) is 2.37. The van der Waals surface area contributed by atoms with Gasteiger partial charge in [0.2, 0.25) is 5.91 Å². The van der Waals surface area contributed by atoms with Crippen molar-refractivity contribution in [3.8, 4) is 11.1 Å². The van der Waals surface area contributed by atoms with Crippen LogP contribution in [0.2, 0.25) is 0 Å². The lowest BCUT2D eigenvalue weighted by atomic mass is 9.98. The molecule has 0 aromatic heterocycles. The zero-order valence-electron chi connectivity index (χ0n) is 10.6. The van der Waals surface area contributed by atoms with Crippen LogP contribution < -0.4 is 10.9 Å². The van der Waals surface area contributed by atoms with Crippen LogP contribution in [0.15, 0.2) is 54.6 Å². The molecule has 0 spiro atoms. The molecule has 1 saturated heterocycles. The summed E-state index contributed by atoms with van der Waals surface area (Å²) in [4.78, 5) is 11.1. The monoisotopic (exact) mass is 252 g/mol. The van der Waals surface area contributed by atoms with Crippen LogP contribution in [-0.2, 0) is 4.79 Å². The normalized spacial score (nSPS) is 18.9. The van der Waals surface area contributed by atoms with Gasteiger partial charge in [0.1, 0.15) is 0 Å². The molecule has 1 atom stereocenters. The Morgan fingerprint density at radius 2 is 1.58 bits per heavy atom. The standard InChI is InChI=1S/C16H16N2O/c19-16-11-10-15(17-18-16)14-8-6-13(7-9-14)12-4-2-1-3-5-12/h1-9,15,17H,10-11H2,(H,18,19). The molecule has 0 aliphatic carbocycles. The lowest BCUT2D eigenvalue weighted by molar-refractivity contribution is -0.124. The molecule has 1 aliphatic heterocycles. The first-order valence-electron chi connectivity index (χ1n) is 6.53. The van der Waals surface area contributed by atoms with Gasteiger partial charge in [0.05, 0.1) is 6.04 Å². The highest BCUT2D eigenvalue weighted by molar-refractivity contribution is 5.76. The maximum Gasteiger partial charge on any atom is 0.234 e. The van der Waals surface area contributed by atoms with E-state index in [0.717, 1.165) is 6.42 Å². The van der Waals surface area contributed by atoms with Gasteiger partial charge in [-0.05, 0) is 23.1 Å².